The Bertz CT molecular complexity index is 133. The number of rotatable bonds is 1. The molecule has 0 aromatic carbocycles. The minimum absolute atomic E-state index is 0.324. The van der Waals surface area contributed by atoms with Gasteiger partial charge < -0.3 is 0 Å². The van der Waals surface area contributed by atoms with Crippen LogP contribution in [-0.2, 0) is 0 Å². The van der Waals surface area contributed by atoms with Crippen LogP contribution in [0.3, 0.4) is 0 Å². The molecular weight excluding hydrogens is 147 g/mol. The summed E-state index contributed by atoms with van der Waals surface area (Å²) in [6.07, 6.45) is -7.03. The average Bonchev–Trinajstić information content (AvgIpc) is 1.60. The molecule has 0 bridgehead atoms. The molecule has 0 radical (unpaired) electrons. The average molecular weight is 154 g/mol. The molecule has 0 saturated carbocycles. The van der Waals surface area contributed by atoms with E-state index in [0.717, 1.165) is 0 Å². The predicted octanol–water partition coefficient (Wildman–Crippen LogP) is 1.42. The first-order chi connectivity index (χ1) is 4.34. The third kappa shape index (κ3) is 3.53. The Morgan fingerprint density at radius 2 is 1.90 bits per heavy atom. The van der Waals surface area contributed by atoms with Gasteiger partial charge in [-0.1, -0.05) is 13.0 Å². The molecular formula is C5H7BF4. The Balaban J connectivity index is 4.11. The molecule has 10 heavy (non-hydrogen) atoms. The highest BCUT2D eigenvalue weighted by Gasteiger charge is 2.38. The fourth-order valence-electron chi connectivity index (χ4n) is 0.387. The summed E-state index contributed by atoms with van der Waals surface area (Å²) in [6.45, 7) is 1.42. The molecule has 58 valence electrons. The van der Waals surface area contributed by atoms with Gasteiger partial charge in [-0.2, -0.15) is 13.2 Å². The van der Waals surface area contributed by atoms with Crippen molar-refractivity contribution in [2.75, 3.05) is 0 Å². The molecule has 0 aliphatic rings. The fraction of sp³-hybridized carbons (Fsp3) is 0.600. The topological polar surface area (TPSA) is 0 Å². The normalized spacial score (nSPS) is 17.1. The zero-order chi connectivity index (χ0) is 8.36. The summed E-state index contributed by atoms with van der Waals surface area (Å²) in [6, 6.07) is 0. The lowest BCUT2D eigenvalue weighted by molar-refractivity contribution is -0.166. The molecule has 1 unspecified atom stereocenters. The number of alkyl halides is 4. The summed E-state index contributed by atoms with van der Waals surface area (Å²) in [5.74, 6) is 0. The van der Waals surface area contributed by atoms with Crippen LogP contribution in [-0.4, -0.2) is 20.2 Å². The lowest BCUT2D eigenvalue weighted by atomic mass is 9.96. The van der Waals surface area contributed by atoms with Gasteiger partial charge in [0, 0.05) is 0 Å². The minimum atomic E-state index is -4.75. The van der Waals surface area contributed by atoms with Crippen LogP contribution in [0.5, 0.6) is 0 Å². The first-order valence-electron chi connectivity index (χ1n) is 2.70. The molecule has 1 atom stereocenters. The highest BCUT2D eigenvalue weighted by Crippen LogP contribution is 2.24. The second-order valence-corrected chi connectivity index (χ2v) is 2.19. The van der Waals surface area contributed by atoms with E-state index in [-0.39, 0.29) is 0 Å². The summed E-state index contributed by atoms with van der Waals surface area (Å²) in [5.41, 5.74) is 0.324. The van der Waals surface area contributed by atoms with E-state index in [1.165, 1.54) is 14.8 Å². The SMILES string of the molecule is BC(C)=CC(F)C(F)(F)F. The van der Waals surface area contributed by atoms with Gasteiger partial charge in [-0.15, -0.1) is 5.47 Å². The number of hydrogen-bond acceptors (Lipinski definition) is 0. The molecule has 0 saturated heterocycles. The Kier molecular flexibility index (Phi) is 2.93. The zero-order valence-electron chi connectivity index (χ0n) is 5.67. The summed E-state index contributed by atoms with van der Waals surface area (Å²) in [4.78, 5) is 0. The lowest BCUT2D eigenvalue weighted by Crippen LogP contribution is -2.22. The molecule has 0 aromatic heterocycles. The van der Waals surface area contributed by atoms with E-state index in [1.54, 1.807) is 0 Å². The van der Waals surface area contributed by atoms with Gasteiger partial charge in [-0.25, -0.2) is 4.39 Å². The highest BCUT2D eigenvalue weighted by atomic mass is 19.4. The molecule has 0 spiro atoms. The second kappa shape index (κ2) is 3.08. The van der Waals surface area contributed by atoms with Gasteiger partial charge in [0.25, 0.3) is 0 Å². The Hall–Kier alpha value is -0.475. The van der Waals surface area contributed by atoms with Crippen molar-refractivity contribution in [1.82, 2.24) is 0 Å². The van der Waals surface area contributed by atoms with E-state index in [1.807, 2.05) is 0 Å². The van der Waals surface area contributed by atoms with E-state index < -0.39 is 12.3 Å². The summed E-state index contributed by atoms with van der Waals surface area (Å²) < 4.78 is 46.1. The molecule has 0 amide bonds. The molecule has 0 heterocycles. The van der Waals surface area contributed by atoms with Crippen LogP contribution in [0.2, 0.25) is 0 Å². The van der Waals surface area contributed by atoms with Gasteiger partial charge in [0.15, 0.2) is 0 Å². The predicted molar refractivity (Wildman–Crippen MR) is 33.3 cm³/mol. The van der Waals surface area contributed by atoms with Crippen LogP contribution in [0, 0.1) is 0 Å². The molecule has 0 nitrogen and oxygen atoms in total. The largest absolute Gasteiger partial charge is 0.423 e. The number of hydrogen-bond donors (Lipinski definition) is 0. The third-order valence-electron chi connectivity index (χ3n) is 0.792. The lowest BCUT2D eigenvalue weighted by Gasteiger charge is -2.07. The third-order valence-corrected chi connectivity index (χ3v) is 0.792. The second-order valence-electron chi connectivity index (χ2n) is 2.19. The van der Waals surface area contributed by atoms with Crippen molar-refractivity contribution < 1.29 is 17.6 Å². The molecule has 0 aliphatic heterocycles. The van der Waals surface area contributed by atoms with Crippen molar-refractivity contribution in [3.63, 3.8) is 0 Å². The van der Waals surface area contributed by atoms with Crippen LogP contribution < -0.4 is 0 Å². The smallest absolute Gasteiger partial charge is 0.233 e. The first kappa shape index (κ1) is 9.52. The van der Waals surface area contributed by atoms with Crippen LogP contribution in [0.15, 0.2) is 11.5 Å². The Morgan fingerprint density at radius 3 is 2.00 bits per heavy atom. The van der Waals surface area contributed by atoms with Gasteiger partial charge in [-0.05, 0) is 0 Å². The van der Waals surface area contributed by atoms with Crippen molar-refractivity contribution in [3.05, 3.63) is 11.5 Å². The van der Waals surface area contributed by atoms with Gasteiger partial charge >= 0.3 is 6.18 Å². The van der Waals surface area contributed by atoms with Crippen molar-refractivity contribution in [1.29, 1.82) is 0 Å². The standard InChI is InChI=1S/C5H7BF4/c1-3(6)2-4(7)5(8,9)10/h2,4H,6H2,1H3. The molecule has 0 rings (SSSR count). The fourth-order valence-corrected chi connectivity index (χ4v) is 0.387. The summed E-state index contributed by atoms with van der Waals surface area (Å²) >= 11 is 0. The van der Waals surface area contributed by atoms with Gasteiger partial charge in [0.05, 0.1) is 0 Å². The maximum atomic E-state index is 12.0. The molecule has 0 aromatic rings. The zero-order valence-corrected chi connectivity index (χ0v) is 5.67. The maximum Gasteiger partial charge on any atom is 0.423 e. The molecule has 0 fully saturated rings. The van der Waals surface area contributed by atoms with E-state index in [4.69, 9.17) is 0 Å². The summed E-state index contributed by atoms with van der Waals surface area (Å²) in [5, 5.41) is 0. The monoisotopic (exact) mass is 154 g/mol. The van der Waals surface area contributed by atoms with Crippen molar-refractivity contribution in [3.8, 4) is 0 Å². The van der Waals surface area contributed by atoms with Gasteiger partial charge in [0.1, 0.15) is 7.85 Å². The van der Waals surface area contributed by atoms with E-state index >= 15 is 0 Å². The Morgan fingerprint density at radius 1 is 1.50 bits per heavy atom. The van der Waals surface area contributed by atoms with Gasteiger partial charge in [0.2, 0.25) is 6.17 Å². The molecule has 5 heteroatoms. The van der Waals surface area contributed by atoms with Crippen LogP contribution in [0.1, 0.15) is 6.92 Å². The quantitative estimate of drug-likeness (QED) is 0.395. The first-order valence-corrected chi connectivity index (χ1v) is 2.70. The molecule has 0 N–H and O–H groups in total. The van der Waals surface area contributed by atoms with E-state index in [0.29, 0.717) is 11.5 Å². The summed E-state index contributed by atoms with van der Waals surface area (Å²) in [7, 11) is 1.42. The van der Waals surface area contributed by atoms with Crippen LogP contribution >= 0.6 is 0 Å². The Labute approximate surface area is 57.3 Å². The van der Waals surface area contributed by atoms with Crippen molar-refractivity contribution in [2.24, 2.45) is 0 Å². The van der Waals surface area contributed by atoms with Crippen LogP contribution in [0.25, 0.3) is 0 Å². The van der Waals surface area contributed by atoms with E-state index in [9.17, 15) is 17.6 Å². The van der Waals surface area contributed by atoms with E-state index in [2.05, 4.69) is 0 Å². The molecule has 0 aliphatic carbocycles. The highest BCUT2D eigenvalue weighted by molar-refractivity contribution is 6.21. The van der Waals surface area contributed by atoms with Crippen LogP contribution in [0.4, 0.5) is 17.6 Å². The van der Waals surface area contributed by atoms with Crippen molar-refractivity contribution in [2.45, 2.75) is 19.3 Å². The maximum absolute atomic E-state index is 12.0. The number of halogens is 4. The van der Waals surface area contributed by atoms with Gasteiger partial charge in [-0.3, -0.25) is 0 Å². The number of allylic oxidation sites excluding steroid dienone is 2. The minimum Gasteiger partial charge on any atom is -0.233 e. The van der Waals surface area contributed by atoms with Crippen molar-refractivity contribution >= 4 is 7.85 Å².